The first-order valence-corrected chi connectivity index (χ1v) is 10.9. The molecule has 2 aromatic carbocycles. The first kappa shape index (κ1) is 20.7. The molecule has 3 aromatic rings. The fourth-order valence-electron chi connectivity index (χ4n) is 3.24. The molecule has 2 N–H and O–H groups in total. The number of nitrogens with zero attached hydrogens (tertiary/aromatic N) is 1. The van der Waals surface area contributed by atoms with E-state index >= 15 is 0 Å². The van der Waals surface area contributed by atoms with Crippen molar-refractivity contribution < 1.29 is 9.59 Å². The molecule has 2 amide bonds. The van der Waals surface area contributed by atoms with Crippen LogP contribution in [0.1, 0.15) is 11.1 Å². The van der Waals surface area contributed by atoms with Crippen molar-refractivity contribution in [3.63, 3.8) is 0 Å². The molecule has 0 bridgehead atoms. The Kier molecular flexibility index (Phi) is 6.22. The number of carbonyl (C=O) groups excluding carboxylic acids is 2. The van der Waals surface area contributed by atoms with Crippen LogP contribution < -0.4 is 5.32 Å². The van der Waals surface area contributed by atoms with E-state index in [1.165, 1.54) is 16.7 Å². The van der Waals surface area contributed by atoms with Crippen molar-refractivity contribution in [2.24, 2.45) is 0 Å². The van der Waals surface area contributed by atoms with Gasteiger partial charge in [0, 0.05) is 28.7 Å². The van der Waals surface area contributed by atoms with Gasteiger partial charge in [-0.25, -0.2) is 0 Å². The zero-order chi connectivity index (χ0) is 21.1. The van der Waals surface area contributed by atoms with Crippen LogP contribution in [0.25, 0.3) is 17.0 Å². The number of hydrogen-bond acceptors (Lipinski definition) is 4. The number of fused-ring (bicyclic) bond motifs is 1. The molecular weight excluding hydrogens is 438 g/mol. The third-order valence-electron chi connectivity index (χ3n) is 4.76. The molecule has 0 saturated carbocycles. The van der Waals surface area contributed by atoms with Gasteiger partial charge in [-0.15, -0.1) is 0 Å². The van der Waals surface area contributed by atoms with Gasteiger partial charge in [-0.2, -0.15) is 0 Å². The number of thioether (sulfide) groups is 1. The molecule has 8 heteroatoms. The second-order valence-corrected chi connectivity index (χ2v) is 8.83. The minimum absolute atomic E-state index is 0.0988. The molecule has 2 heterocycles. The van der Waals surface area contributed by atoms with Crippen LogP contribution in [0.3, 0.4) is 0 Å². The van der Waals surface area contributed by atoms with Crippen LogP contribution in [0, 0.1) is 0 Å². The molecule has 0 aliphatic carbocycles. The fraction of sp³-hybridized carbons (Fsp3) is 0.136. The minimum Gasteiger partial charge on any atom is -0.361 e. The van der Waals surface area contributed by atoms with Crippen LogP contribution in [0.4, 0.5) is 0 Å². The molecule has 152 valence electrons. The average molecular weight is 456 g/mol. The van der Waals surface area contributed by atoms with Gasteiger partial charge in [0.2, 0.25) is 5.91 Å². The van der Waals surface area contributed by atoms with E-state index < -0.39 is 0 Å². The molecule has 30 heavy (non-hydrogen) atoms. The number of thiocarbonyl (C=S) groups is 1. The zero-order valence-corrected chi connectivity index (χ0v) is 18.2. The van der Waals surface area contributed by atoms with Gasteiger partial charge < -0.3 is 10.3 Å². The number of amides is 2. The average Bonchev–Trinajstić information content (AvgIpc) is 3.26. The predicted molar refractivity (Wildman–Crippen MR) is 126 cm³/mol. The van der Waals surface area contributed by atoms with E-state index in [9.17, 15) is 9.59 Å². The number of aromatic amines is 1. The minimum atomic E-state index is -0.281. The highest BCUT2D eigenvalue weighted by molar-refractivity contribution is 8.26. The van der Waals surface area contributed by atoms with E-state index in [0.717, 1.165) is 22.0 Å². The molecule has 0 atom stereocenters. The molecule has 1 saturated heterocycles. The number of nitrogens with one attached hydrogen (secondary N) is 2. The molecule has 1 aromatic heterocycles. The molecule has 0 spiro atoms. The number of H-pyrrole nitrogens is 1. The SMILES string of the molecule is O=C(CN1C(=O)/C(=C\c2ccccc2Cl)SC1=S)NCCc1c[nH]c2ccccc12. The summed E-state index contributed by atoms with van der Waals surface area (Å²) in [6.45, 7) is 0.378. The van der Waals surface area contributed by atoms with Crippen LogP contribution in [-0.4, -0.2) is 39.1 Å². The van der Waals surface area contributed by atoms with E-state index in [-0.39, 0.29) is 18.4 Å². The van der Waals surface area contributed by atoms with E-state index in [1.54, 1.807) is 12.1 Å². The normalized spacial score (nSPS) is 15.4. The summed E-state index contributed by atoms with van der Waals surface area (Å²) < 4.78 is 0.366. The third kappa shape index (κ3) is 4.43. The van der Waals surface area contributed by atoms with Crippen LogP contribution in [0.2, 0.25) is 5.02 Å². The molecule has 5 nitrogen and oxygen atoms in total. The Morgan fingerprint density at radius 3 is 2.80 bits per heavy atom. The largest absolute Gasteiger partial charge is 0.361 e. The first-order chi connectivity index (χ1) is 14.5. The lowest BCUT2D eigenvalue weighted by Gasteiger charge is -2.14. The summed E-state index contributed by atoms with van der Waals surface area (Å²) in [6, 6.07) is 15.3. The van der Waals surface area contributed by atoms with Crippen molar-refractivity contribution in [2.75, 3.05) is 13.1 Å². The zero-order valence-electron chi connectivity index (χ0n) is 15.9. The highest BCUT2D eigenvalue weighted by atomic mass is 35.5. The smallest absolute Gasteiger partial charge is 0.266 e. The Labute approximate surface area is 188 Å². The van der Waals surface area contributed by atoms with Crippen molar-refractivity contribution in [1.82, 2.24) is 15.2 Å². The van der Waals surface area contributed by atoms with Gasteiger partial charge in [-0.05, 0) is 35.8 Å². The van der Waals surface area contributed by atoms with Crippen molar-refractivity contribution in [3.05, 3.63) is 75.8 Å². The maximum Gasteiger partial charge on any atom is 0.266 e. The van der Waals surface area contributed by atoms with Gasteiger partial charge in [0.05, 0.1) is 4.91 Å². The number of rotatable bonds is 6. The van der Waals surface area contributed by atoms with E-state index in [0.29, 0.717) is 27.2 Å². The molecule has 0 radical (unpaired) electrons. The summed E-state index contributed by atoms with van der Waals surface area (Å²) in [7, 11) is 0. The van der Waals surface area contributed by atoms with Gasteiger partial charge in [-0.1, -0.05) is 72.0 Å². The highest BCUT2D eigenvalue weighted by Crippen LogP contribution is 2.33. The summed E-state index contributed by atoms with van der Waals surface area (Å²) in [4.78, 5) is 30.1. The van der Waals surface area contributed by atoms with Crippen molar-refractivity contribution >= 4 is 68.7 Å². The second-order valence-electron chi connectivity index (χ2n) is 6.75. The lowest BCUT2D eigenvalue weighted by molar-refractivity contribution is -0.128. The van der Waals surface area contributed by atoms with Gasteiger partial charge in [0.1, 0.15) is 10.9 Å². The van der Waals surface area contributed by atoms with Crippen LogP contribution in [-0.2, 0) is 16.0 Å². The highest BCUT2D eigenvalue weighted by Gasteiger charge is 2.33. The molecule has 4 rings (SSSR count). The predicted octanol–water partition coefficient (Wildman–Crippen LogP) is 4.38. The maximum absolute atomic E-state index is 12.7. The van der Waals surface area contributed by atoms with Crippen molar-refractivity contribution in [1.29, 1.82) is 0 Å². The summed E-state index contributed by atoms with van der Waals surface area (Å²) in [5, 5.41) is 4.57. The Morgan fingerprint density at radius 2 is 1.97 bits per heavy atom. The summed E-state index contributed by atoms with van der Waals surface area (Å²) in [5.74, 6) is -0.526. The topological polar surface area (TPSA) is 65.2 Å². The third-order valence-corrected chi connectivity index (χ3v) is 6.48. The maximum atomic E-state index is 12.7. The van der Waals surface area contributed by atoms with Crippen LogP contribution in [0.5, 0.6) is 0 Å². The van der Waals surface area contributed by atoms with Gasteiger partial charge in [0.15, 0.2) is 0 Å². The number of hydrogen-bond donors (Lipinski definition) is 2. The molecule has 1 fully saturated rings. The number of para-hydroxylation sites is 1. The number of aromatic nitrogens is 1. The van der Waals surface area contributed by atoms with Crippen molar-refractivity contribution in [3.8, 4) is 0 Å². The van der Waals surface area contributed by atoms with E-state index in [1.807, 2.05) is 42.6 Å². The first-order valence-electron chi connectivity index (χ1n) is 9.34. The summed E-state index contributed by atoms with van der Waals surface area (Å²) >= 11 is 12.6. The summed E-state index contributed by atoms with van der Waals surface area (Å²) in [6.07, 6.45) is 4.36. The second kappa shape index (κ2) is 9.04. The van der Waals surface area contributed by atoms with Crippen molar-refractivity contribution in [2.45, 2.75) is 6.42 Å². The lowest BCUT2D eigenvalue weighted by atomic mass is 10.1. The number of carbonyl (C=O) groups is 2. The monoisotopic (exact) mass is 455 g/mol. The summed E-state index contributed by atoms with van der Waals surface area (Å²) in [5.41, 5.74) is 2.95. The van der Waals surface area contributed by atoms with E-state index in [2.05, 4.69) is 16.4 Å². The molecule has 1 aliphatic heterocycles. The fourth-order valence-corrected chi connectivity index (χ4v) is 4.68. The Balaban J connectivity index is 1.34. The van der Waals surface area contributed by atoms with Gasteiger partial charge >= 0.3 is 0 Å². The standard InChI is InChI=1S/C22H18ClN3O2S2/c23-17-7-3-1-5-14(17)11-19-21(28)26(22(29)30-19)13-20(27)24-10-9-15-12-25-18-8-4-2-6-16(15)18/h1-8,11-12,25H,9-10,13H2,(H,24,27)/b19-11+. The Hall–Kier alpha value is -2.61. The quantitative estimate of drug-likeness (QED) is 0.427. The van der Waals surface area contributed by atoms with Crippen LogP contribution >= 0.6 is 35.6 Å². The number of halogens is 1. The lowest BCUT2D eigenvalue weighted by Crippen LogP contribution is -2.40. The van der Waals surface area contributed by atoms with E-state index in [4.69, 9.17) is 23.8 Å². The molecule has 0 unspecified atom stereocenters. The van der Waals surface area contributed by atoms with Gasteiger partial charge in [-0.3, -0.25) is 14.5 Å². The van der Waals surface area contributed by atoms with Crippen LogP contribution in [0.15, 0.2) is 59.6 Å². The molecule has 1 aliphatic rings. The van der Waals surface area contributed by atoms with Gasteiger partial charge in [0.25, 0.3) is 5.91 Å². The molecular formula is C22H18ClN3O2S2. The number of benzene rings is 2. The Morgan fingerprint density at radius 1 is 1.20 bits per heavy atom. The Bertz CT molecular complexity index is 1170.